The number of fused-ring (bicyclic) bond motifs is 1. The molecule has 3 rings (SSSR count). The summed E-state index contributed by atoms with van der Waals surface area (Å²) in [6.45, 7) is 3.01. The summed E-state index contributed by atoms with van der Waals surface area (Å²) >= 11 is 0. The minimum atomic E-state index is -0.536. The summed E-state index contributed by atoms with van der Waals surface area (Å²) in [4.78, 5) is 22.5. The molecule has 7 nitrogen and oxygen atoms in total. The molecule has 2 aromatic heterocycles. The van der Waals surface area contributed by atoms with Gasteiger partial charge in [-0.25, -0.2) is 4.98 Å². The van der Waals surface area contributed by atoms with E-state index in [1.165, 1.54) is 0 Å². The number of anilines is 1. The fourth-order valence-electron chi connectivity index (χ4n) is 2.84. The van der Waals surface area contributed by atoms with E-state index in [0.717, 1.165) is 11.1 Å². The van der Waals surface area contributed by atoms with E-state index >= 15 is 0 Å². The molecule has 1 amide bonds. The molecule has 0 spiro atoms. The lowest BCUT2D eigenvalue weighted by atomic mass is 10.1. The number of hydrogen-bond acceptors (Lipinski definition) is 6. The molecule has 1 aliphatic rings. The molecule has 0 saturated carbocycles. The highest BCUT2D eigenvalue weighted by Gasteiger charge is 2.31. The first kappa shape index (κ1) is 15.2. The van der Waals surface area contributed by atoms with Crippen LogP contribution in [0, 0.1) is 11.3 Å². The summed E-state index contributed by atoms with van der Waals surface area (Å²) < 4.78 is 5.71. The number of nitrogens with zero attached hydrogens (tertiary/aromatic N) is 4. The zero-order valence-corrected chi connectivity index (χ0v) is 13.0. The van der Waals surface area contributed by atoms with Crippen molar-refractivity contribution in [3.8, 4) is 6.07 Å². The molecule has 1 fully saturated rings. The van der Waals surface area contributed by atoms with Gasteiger partial charge in [-0.15, -0.1) is 0 Å². The van der Waals surface area contributed by atoms with Crippen LogP contribution in [0.25, 0.3) is 10.9 Å². The molecule has 3 heterocycles. The minimum Gasteiger partial charge on any atom is -0.364 e. The summed E-state index contributed by atoms with van der Waals surface area (Å²) in [5.41, 5.74) is 1.73. The monoisotopic (exact) mass is 311 g/mol. The Kier molecular flexibility index (Phi) is 4.08. The number of likely N-dealkylation sites (N-methyl/N-ethyl adjacent to an activating group) is 1. The predicted molar refractivity (Wildman–Crippen MR) is 84.9 cm³/mol. The molecule has 0 aliphatic carbocycles. The van der Waals surface area contributed by atoms with Gasteiger partial charge in [0.1, 0.15) is 11.6 Å². The van der Waals surface area contributed by atoms with Gasteiger partial charge in [-0.05, 0) is 19.1 Å². The molecule has 1 N–H and O–H groups in total. The Labute approximate surface area is 133 Å². The molecule has 1 aliphatic heterocycles. The van der Waals surface area contributed by atoms with Crippen molar-refractivity contribution in [2.75, 3.05) is 25.0 Å². The second-order valence-corrected chi connectivity index (χ2v) is 5.46. The SMILES string of the molecule is CNC(=O)[C@H]1CN(c2cnc(C#N)c3ncccc23)C[C@@H](C)O1. The third-order valence-corrected chi connectivity index (χ3v) is 3.87. The topological polar surface area (TPSA) is 91.1 Å². The first-order valence-corrected chi connectivity index (χ1v) is 7.40. The van der Waals surface area contributed by atoms with Gasteiger partial charge < -0.3 is 15.0 Å². The van der Waals surface area contributed by atoms with Crippen molar-refractivity contribution in [2.45, 2.75) is 19.1 Å². The summed E-state index contributed by atoms with van der Waals surface area (Å²) in [6.07, 6.45) is 2.69. The van der Waals surface area contributed by atoms with E-state index < -0.39 is 6.10 Å². The highest BCUT2D eigenvalue weighted by Crippen LogP contribution is 2.28. The number of nitriles is 1. The molecule has 7 heteroatoms. The van der Waals surface area contributed by atoms with E-state index in [1.54, 1.807) is 19.4 Å². The molecule has 1 saturated heterocycles. The maximum absolute atomic E-state index is 11.9. The number of hydrogen-bond donors (Lipinski definition) is 1. The van der Waals surface area contributed by atoms with E-state index in [9.17, 15) is 10.1 Å². The third kappa shape index (κ3) is 2.81. The fourth-order valence-corrected chi connectivity index (χ4v) is 2.84. The largest absolute Gasteiger partial charge is 0.364 e. The van der Waals surface area contributed by atoms with E-state index in [-0.39, 0.29) is 12.0 Å². The van der Waals surface area contributed by atoms with Crippen LogP contribution >= 0.6 is 0 Å². The van der Waals surface area contributed by atoms with Crippen molar-refractivity contribution in [3.63, 3.8) is 0 Å². The van der Waals surface area contributed by atoms with Crippen LogP contribution in [0.4, 0.5) is 5.69 Å². The molecule has 118 valence electrons. The number of morpholine rings is 1. The van der Waals surface area contributed by atoms with Crippen LogP contribution in [-0.4, -0.2) is 48.2 Å². The van der Waals surface area contributed by atoms with E-state index in [0.29, 0.717) is 24.3 Å². The zero-order valence-electron chi connectivity index (χ0n) is 13.0. The van der Waals surface area contributed by atoms with Crippen LogP contribution < -0.4 is 10.2 Å². The first-order valence-electron chi connectivity index (χ1n) is 7.40. The number of carbonyl (C=O) groups is 1. The number of carbonyl (C=O) groups excluding carboxylic acids is 1. The number of rotatable bonds is 2. The first-order chi connectivity index (χ1) is 11.1. The van der Waals surface area contributed by atoms with Crippen molar-refractivity contribution in [1.29, 1.82) is 5.26 Å². The summed E-state index contributed by atoms with van der Waals surface area (Å²) in [5.74, 6) is -0.148. The van der Waals surface area contributed by atoms with E-state index in [1.807, 2.05) is 19.1 Å². The Morgan fingerprint density at radius 2 is 2.30 bits per heavy atom. The van der Waals surface area contributed by atoms with Crippen LogP contribution in [0.3, 0.4) is 0 Å². The number of nitrogens with one attached hydrogen (secondary N) is 1. The standard InChI is InChI=1S/C16H17N5O2/c1-10-8-21(9-14(23-10)16(22)18-2)13-7-20-12(6-17)15-11(13)4-3-5-19-15/h3-5,7,10,14H,8-9H2,1-2H3,(H,18,22)/t10-,14-/m1/s1. The Morgan fingerprint density at radius 3 is 3.04 bits per heavy atom. The van der Waals surface area contributed by atoms with Gasteiger partial charge in [0.15, 0.2) is 11.8 Å². The smallest absolute Gasteiger partial charge is 0.250 e. The quantitative estimate of drug-likeness (QED) is 0.884. The van der Waals surface area contributed by atoms with E-state index in [2.05, 4.69) is 26.3 Å². The van der Waals surface area contributed by atoms with Gasteiger partial charge in [0, 0.05) is 25.2 Å². The van der Waals surface area contributed by atoms with Crippen LogP contribution in [0.2, 0.25) is 0 Å². The van der Waals surface area contributed by atoms with Gasteiger partial charge in [-0.3, -0.25) is 9.78 Å². The Bertz CT molecular complexity index is 786. The van der Waals surface area contributed by atoms with Gasteiger partial charge in [0.2, 0.25) is 0 Å². The number of amides is 1. The molecule has 0 aromatic carbocycles. The maximum Gasteiger partial charge on any atom is 0.250 e. The van der Waals surface area contributed by atoms with Crippen LogP contribution in [0.1, 0.15) is 12.6 Å². The molecule has 23 heavy (non-hydrogen) atoms. The molecule has 2 atom stereocenters. The molecular weight excluding hydrogens is 294 g/mol. The molecular formula is C16H17N5O2. The second-order valence-electron chi connectivity index (χ2n) is 5.46. The van der Waals surface area contributed by atoms with Crippen molar-refractivity contribution in [2.24, 2.45) is 0 Å². The minimum absolute atomic E-state index is 0.0894. The molecule has 0 radical (unpaired) electrons. The summed E-state index contributed by atoms with van der Waals surface area (Å²) in [7, 11) is 1.60. The highest BCUT2D eigenvalue weighted by atomic mass is 16.5. The summed E-state index contributed by atoms with van der Waals surface area (Å²) in [5, 5.41) is 12.7. The zero-order chi connectivity index (χ0) is 16.4. The highest BCUT2D eigenvalue weighted by molar-refractivity contribution is 5.94. The lowest BCUT2D eigenvalue weighted by Gasteiger charge is -2.37. The molecule has 2 aromatic rings. The van der Waals surface area contributed by atoms with Crippen molar-refractivity contribution in [3.05, 3.63) is 30.2 Å². The van der Waals surface area contributed by atoms with Gasteiger partial charge in [-0.1, -0.05) is 0 Å². The number of aromatic nitrogens is 2. The number of pyridine rings is 2. The third-order valence-electron chi connectivity index (χ3n) is 3.87. The summed E-state index contributed by atoms with van der Waals surface area (Å²) in [6, 6.07) is 5.80. The van der Waals surface area contributed by atoms with Crippen LogP contribution in [-0.2, 0) is 9.53 Å². The maximum atomic E-state index is 11.9. The van der Waals surface area contributed by atoms with Crippen molar-refractivity contribution >= 4 is 22.5 Å². The van der Waals surface area contributed by atoms with Gasteiger partial charge in [-0.2, -0.15) is 5.26 Å². The Morgan fingerprint density at radius 1 is 1.48 bits per heavy atom. The van der Waals surface area contributed by atoms with Crippen molar-refractivity contribution < 1.29 is 9.53 Å². The molecule has 0 unspecified atom stereocenters. The lowest BCUT2D eigenvalue weighted by molar-refractivity contribution is -0.136. The lowest BCUT2D eigenvalue weighted by Crippen LogP contribution is -2.52. The predicted octanol–water partition coefficient (Wildman–Crippen LogP) is 0.841. The average Bonchev–Trinajstić information content (AvgIpc) is 2.59. The van der Waals surface area contributed by atoms with E-state index in [4.69, 9.17) is 4.74 Å². The molecule has 0 bridgehead atoms. The second kappa shape index (κ2) is 6.18. The fraction of sp³-hybridized carbons (Fsp3) is 0.375. The van der Waals surface area contributed by atoms with Gasteiger partial charge >= 0.3 is 0 Å². The Hall–Kier alpha value is -2.72. The van der Waals surface area contributed by atoms with Crippen LogP contribution in [0.5, 0.6) is 0 Å². The normalized spacial score (nSPS) is 21.0. The van der Waals surface area contributed by atoms with Gasteiger partial charge in [0.05, 0.1) is 24.5 Å². The van der Waals surface area contributed by atoms with Gasteiger partial charge in [0.25, 0.3) is 5.91 Å². The Balaban J connectivity index is 2.03. The van der Waals surface area contributed by atoms with Crippen molar-refractivity contribution in [1.82, 2.24) is 15.3 Å². The average molecular weight is 311 g/mol. The number of ether oxygens (including phenoxy) is 1. The van der Waals surface area contributed by atoms with Crippen LogP contribution in [0.15, 0.2) is 24.5 Å².